The molecule has 2 amide bonds. The summed E-state index contributed by atoms with van der Waals surface area (Å²) in [5.41, 5.74) is 3.03. The summed E-state index contributed by atoms with van der Waals surface area (Å²) in [6, 6.07) is 10.5. The largest absolute Gasteiger partial charge is 0.361 e. The molecule has 0 aromatic heterocycles. The third kappa shape index (κ3) is 4.84. The van der Waals surface area contributed by atoms with E-state index in [1.165, 1.54) is 11.0 Å². The maximum absolute atomic E-state index is 13.6. The van der Waals surface area contributed by atoms with Crippen LogP contribution < -0.4 is 10.2 Å². The normalized spacial score (nSPS) is 14.4. The van der Waals surface area contributed by atoms with Crippen molar-refractivity contribution >= 4 is 30.4 Å². The van der Waals surface area contributed by atoms with Gasteiger partial charge in [0.25, 0.3) is 11.8 Å². The van der Waals surface area contributed by atoms with Gasteiger partial charge < -0.3 is 9.05 Å². The molecule has 0 unspecified atom stereocenters. The number of carbonyl (C=O) groups is 2. The zero-order valence-corrected chi connectivity index (χ0v) is 21.6. The summed E-state index contributed by atoms with van der Waals surface area (Å²) in [6.45, 7) is 15.3. The molecule has 0 aliphatic carbocycles. The predicted molar refractivity (Wildman–Crippen MR) is 132 cm³/mol. The van der Waals surface area contributed by atoms with E-state index >= 15 is 0 Å². The summed E-state index contributed by atoms with van der Waals surface area (Å²) in [5, 5.41) is 0.271. The molecule has 0 atom stereocenters. The third-order valence-electron chi connectivity index (χ3n) is 5.45. The summed E-state index contributed by atoms with van der Waals surface area (Å²) in [6.07, 6.45) is -0.689. The summed E-state index contributed by atoms with van der Waals surface area (Å²) in [4.78, 5) is 28.3. The molecule has 0 fully saturated rings. The van der Waals surface area contributed by atoms with Gasteiger partial charge >= 0.3 is 7.60 Å². The quantitative estimate of drug-likeness (QED) is 0.329. The first-order valence-electron chi connectivity index (χ1n) is 11.5. The lowest BCUT2D eigenvalue weighted by molar-refractivity contribution is 0.0925. The van der Waals surface area contributed by atoms with Crippen molar-refractivity contribution in [3.63, 3.8) is 0 Å². The monoisotopic (exact) mass is 471 g/mol. The van der Waals surface area contributed by atoms with E-state index in [-0.39, 0.29) is 46.4 Å². The Bertz CT molecular complexity index is 1080. The lowest BCUT2D eigenvalue weighted by Crippen LogP contribution is -2.31. The van der Waals surface area contributed by atoms with Gasteiger partial charge in [-0.05, 0) is 68.9 Å². The molecule has 0 saturated heterocycles. The van der Waals surface area contributed by atoms with Crippen LogP contribution in [0.25, 0.3) is 0 Å². The van der Waals surface area contributed by atoms with Gasteiger partial charge in [-0.3, -0.25) is 14.2 Å². The number of carbonyl (C=O) groups excluding carboxylic acids is 2. The topological polar surface area (TPSA) is 72.9 Å². The summed E-state index contributed by atoms with van der Waals surface area (Å²) >= 11 is 0. The van der Waals surface area contributed by atoms with E-state index in [9.17, 15) is 14.2 Å². The van der Waals surface area contributed by atoms with E-state index in [0.717, 1.165) is 11.1 Å². The Labute approximate surface area is 196 Å². The van der Waals surface area contributed by atoms with Crippen LogP contribution in [0, 0.1) is 0 Å². The highest BCUT2D eigenvalue weighted by Crippen LogP contribution is 2.50. The molecular weight excluding hydrogens is 437 g/mol. The van der Waals surface area contributed by atoms with Crippen molar-refractivity contribution in [1.82, 2.24) is 0 Å². The highest BCUT2D eigenvalue weighted by molar-refractivity contribution is 7.62. The van der Waals surface area contributed by atoms with Crippen LogP contribution in [-0.4, -0.2) is 24.0 Å². The Hall–Kier alpha value is -2.27. The summed E-state index contributed by atoms with van der Waals surface area (Å²) < 4.78 is 25.0. The van der Waals surface area contributed by atoms with Gasteiger partial charge in [-0.1, -0.05) is 45.9 Å². The highest BCUT2D eigenvalue weighted by Gasteiger charge is 2.41. The average molecular weight is 472 g/mol. The molecule has 0 saturated carbocycles. The van der Waals surface area contributed by atoms with Crippen LogP contribution in [0.1, 0.15) is 99.1 Å². The van der Waals surface area contributed by atoms with Crippen molar-refractivity contribution in [2.45, 2.75) is 79.4 Å². The molecule has 1 heterocycles. The molecule has 2 aromatic carbocycles. The van der Waals surface area contributed by atoms with Crippen molar-refractivity contribution in [2.75, 3.05) is 4.90 Å². The first kappa shape index (κ1) is 25.4. The number of anilines is 1. The number of fused-ring (bicyclic) bond motifs is 1. The van der Waals surface area contributed by atoms with Gasteiger partial charge in [0.2, 0.25) is 0 Å². The van der Waals surface area contributed by atoms with E-state index in [1.54, 1.807) is 39.8 Å². The molecule has 6 nitrogen and oxygen atoms in total. The number of rotatable bonds is 8. The predicted octanol–water partition coefficient (Wildman–Crippen LogP) is 6.40. The Kier molecular flexibility index (Phi) is 7.33. The Morgan fingerprint density at radius 2 is 1.21 bits per heavy atom. The van der Waals surface area contributed by atoms with E-state index in [1.807, 2.05) is 45.9 Å². The van der Waals surface area contributed by atoms with Crippen LogP contribution in [-0.2, 0) is 13.6 Å². The zero-order chi connectivity index (χ0) is 24.7. The van der Waals surface area contributed by atoms with E-state index in [4.69, 9.17) is 9.05 Å². The highest BCUT2D eigenvalue weighted by atomic mass is 31.2. The molecule has 2 aromatic rings. The van der Waals surface area contributed by atoms with Crippen LogP contribution in [0.3, 0.4) is 0 Å². The minimum absolute atomic E-state index is 0.123. The van der Waals surface area contributed by atoms with Crippen LogP contribution >= 0.6 is 7.60 Å². The van der Waals surface area contributed by atoms with Gasteiger partial charge in [0.15, 0.2) is 0 Å². The minimum Gasteiger partial charge on any atom is -0.302 e. The lowest BCUT2D eigenvalue weighted by Gasteiger charge is -2.25. The second kappa shape index (κ2) is 9.54. The summed E-state index contributed by atoms with van der Waals surface area (Å²) in [5.74, 6) is -0.552. The molecule has 7 heteroatoms. The van der Waals surface area contributed by atoms with Gasteiger partial charge in [-0.15, -0.1) is 0 Å². The molecule has 0 N–H and O–H groups in total. The Morgan fingerprint density at radius 1 is 0.727 bits per heavy atom. The maximum atomic E-state index is 13.6. The fourth-order valence-electron chi connectivity index (χ4n) is 4.07. The molecular formula is C26H34NO5P. The van der Waals surface area contributed by atoms with Crippen LogP contribution in [0.15, 0.2) is 36.4 Å². The molecule has 1 aliphatic heterocycles. The maximum Gasteiger partial charge on any atom is 0.361 e. The van der Waals surface area contributed by atoms with Gasteiger partial charge in [-0.2, -0.15) is 0 Å². The Balaban J connectivity index is 2.15. The molecule has 3 rings (SSSR count). The standard InChI is InChI=1S/C26H34NO5P/c1-15(2)20-10-9-11-21(16(3)4)24(20)27-25(28)22-13-12-19(14-23(22)26(27)29)33(30,31-17(5)6)32-18(7)8/h9-18H,1-8H3. The third-order valence-corrected chi connectivity index (χ3v) is 7.76. The zero-order valence-electron chi connectivity index (χ0n) is 20.7. The number of hydrogen-bond acceptors (Lipinski definition) is 5. The number of nitrogens with zero attached hydrogens (tertiary/aromatic N) is 1. The van der Waals surface area contributed by atoms with E-state index in [2.05, 4.69) is 0 Å². The molecule has 0 radical (unpaired) electrons. The second-order valence-corrected chi connectivity index (χ2v) is 11.5. The summed E-state index contributed by atoms with van der Waals surface area (Å²) in [7, 11) is -3.69. The van der Waals surface area contributed by atoms with E-state index in [0.29, 0.717) is 5.69 Å². The van der Waals surface area contributed by atoms with Crippen molar-refractivity contribution in [1.29, 1.82) is 0 Å². The number of amides is 2. The van der Waals surface area contributed by atoms with Gasteiger partial charge in [0.1, 0.15) is 0 Å². The van der Waals surface area contributed by atoms with E-state index < -0.39 is 13.5 Å². The van der Waals surface area contributed by atoms with Crippen molar-refractivity contribution in [3.8, 4) is 0 Å². The minimum atomic E-state index is -3.69. The van der Waals surface area contributed by atoms with Crippen LogP contribution in [0.5, 0.6) is 0 Å². The van der Waals surface area contributed by atoms with Crippen LogP contribution in [0.2, 0.25) is 0 Å². The van der Waals surface area contributed by atoms with Gasteiger partial charge in [0.05, 0.1) is 34.3 Å². The second-order valence-electron chi connectivity index (χ2n) is 9.58. The average Bonchev–Trinajstić information content (AvgIpc) is 2.95. The first-order valence-corrected chi connectivity index (χ1v) is 13.0. The fraction of sp³-hybridized carbons (Fsp3) is 0.462. The molecule has 0 spiro atoms. The first-order chi connectivity index (χ1) is 15.4. The number of hydrogen-bond donors (Lipinski definition) is 0. The molecule has 178 valence electrons. The molecule has 1 aliphatic rings. The lowest BCUT2D eigenvalue weighted by atomic mass is 9.92. The molecule has 33 heavy (non-hydrogen) atoms. The Morgan fingerprint density at radius 3 is 1.67 bits per heavy atom. The number of benzene rings is 2. The molecule has 0 bridgehead atoms. The van der Waals surface area contributed by atoms with Crippen molar-refractivity contribution in [2.24, 2.45) is 0 Å². The van der Waals surface area contributed by atoms with Crippen LogP contribution in [0.4, 0.5) is 5.69 Å². The smallest absolute Gasteiger partial charge is 0.302 e. The van der Waals surface area contributed by atoms with Gasteiger partial charge in [-0.25, -0.2) is 4.90 Å². The van der Waals surface area contributed by atoms with Crippen molar-refractivity contribution in [3.05, 3.63) is 58.7 Å². The fourth-order valence-corrected chi connectivity index (χ4v) is 6.02. The number of imide groups is 1. The van der Waals surface area contributed by atoms with Crippen molar-refractivity contribution < 1.29 is 23.2 Å². The number of para-hydroxylation sites is 1. The SMILES string of the molecule is CC(C)OP(=O)(OC(C)C)c1ccc2c(c1)C(=O)N(c1c(C(C)C)cccc1C(C)C)C2=O. The van der Waals surface area contributed by atoms with Gasteiger partial charge in [0, 0.05) is 0 Å².